The van der Waals surface area contributed by atoms with Gasteiger partial charge in [0.2, 0.25) is 5.82 Å². The second-order valence-corrected chi connectivity index (χ2v) is 6.15. The summed E-state index contributed by atoms with van der Waals surface area (Å²) >= 11 is 0. The lowest BCUT2D eigenvalue weighted by Crippen LogP contribution is -2.04. The predicted octanol–water partition coefficient (Wildman–Crippen LogP) is 3.94. The highest BCUT2D eigenvalue weighted by Crippen LogP contribution is 2.29. The fraction of sp³-hybridized carbons (Fsp3) is 0.158. The first kappa shape index (κ1) is 18.7. The molecule has 2 aromatic heterocycles. The zero-order valence-electron chi connectivity index (χ0n) is 15.0. The number of fused-ring (bicyclic) bond motifs is 1. The molecule has 2 aromatic carbocycles. The van der Waals surface area contributed by atoms with Gasteiger partial charge in [-0.2, -0.15) is 23.3 Å². The Labute approximate surface area is 161 Å². The van der Waals surface area contributed by atoms with Gasteiger partial charge in [-0.15, -0.1) is 0 Å². The third kappa shape index (κ3) is 3.56. The van der Waals surface area contributed by atoms with Gasteiger partial charge in [0.15, 0.2) is 0 Å². The van der Waals surface area contributed by atoms with E-state index in [1.807, 2.05) is 6.07 Å². The highest BCUT2D eigenvalue weighted by atomic mass is 19.4. The van der Waals surface area contributed by atoms with Crippen LogP contribution in [0.15, 0.2) is 53.2 Å². The zero-order chi connectivity index (χ0) is 20.6. The molecule has 0 saturated heterocycles. The molecule has 10 heteroatoms. The average Bonchev–Trinajstić information content (AvgIpc) is 3.36. The average molecular weight is 402 g/mol. The number of carbonyl (C=O) groups excluding carboxylic acids is 1. The quantitative estimate of drug-likeness (QED) is 0.481. The number of hydrogen-bond donors (Lipinski definition) is 0. The number of ether oxygens (including phenoxy) is 1. The highest BCUT2D eigenvalue weighted by Gasteiger charge is 2.38. The number of methoxy groups -OCH3 is 1. The van der Waals surface area contributed by atoms with E-state index in [1.165, 1.54) is 7.11 Å². The van der Waals surface area contributed by atoms with Crippen molar-refractivity contribution in [1.29, 1.82) is 0 Å². The molecule has 0 aliphatic carbocycles. The minimum Gasteiger partial charge on any atom is -0.465 e. The van der Waals surface area contributed by atoms with Gasteiger partial charge in [0.1, 0.15) is 0 Å². The number of aromatic nitrogens is 4. The molecular weight excluding hydrogens is 389 g/mol. The van der Waals surface area contributed by atoms with E-state index in [0.717, 1.165) is 11.1 Å². The molecule has 0 saturated carbocycles. The second kappa shape index (κ2) is 7.04. The van der Waals surface area contributed by atoms with Gasteiger partial charge < -0.3 is 9.26 Å². The Hall–Kier alpha value is -3.69. The Morgan fingerprint density at radius 3 is 2.59 bits per heavy atom. The molecule has 148 valence electrons. The van der Waals surface area contributed by atoms with Gasteiger partial charge in [0, 0.05) is 10.9 Å². The minimum absolute atomic E-state index is 0.142. The van der Waals surface area contributed by atoms with Crippen LogP contribution in [0.4, 0.5) is 13.2 Å². The van der Waals surface area contributed by atoms with Crippen molar-refractivity contribution in [3.05, 3.63) is 65.7 Å². The lowest BCUT2D eigenvalue weighted by molar-refractivity contribution is -0.159. The molecule has 0 spiro atoms. The molecule has 0 unspecified atom stereocenters. The van der Waals surface area contributed by atoms with Gasteiger partial charge in [-0.25, -0.2) is 4.79 Å². The van der Waals surface area contributed by atoms with E-state index in [9.17, 15) is 18.0 Å². The van der Waals surface area contributed by atoms with Crippen LogP contribution >= 0.6 is 0 Å². The molecule has 0 radical (unpaired) electrons. The summed E-state index contributed by atoms with van der Waals surface area (Å²) < 4.78 is 48.5. The molecule has 4 aromatic rings. The summed E-state index contributed by atoms with van der Waals surface area (Å²) in [6.45, 7) is 0.397. The van der Waals surface area contributed by atoms with Gasteiger partial charge in [-0.3, -0.25) is 4.68 Å². The summed E-state index contributed by atoms with van der Waals surface area (Å²) in [7, 11) is 1.31. The molecule has 0 amide bonds. The summed E-state index contributed by atoms with van der Waals surface area (Å²) in [5.41, 5.74) is 2.42. The summed E-state index contributed by atoms with van der Waals surface area (Å²) in [5.74, 6) is -1.98. The fourth-order valence-corrected chi connectivity index (χ4v) is 2.91. The molecule has 0 atom stereocenters. The molecule has 0 bridgehead atoms. The summed E-state index contributed by atoms with van der Waals surface area (Å²) in [6.07, 6.45) is -3.09. The number of halogens is 3. The maximum atomic E-state index is 12.6. The smallest absolute Gasteiger partial charge is 0.465 e. The lowest BCUT2D eigenvalue weighted by atomic mass is 10.1. The van der Waals surface area contributed by atoms with E-state index in [1.54, 1.807) is 47.3 Å². The molecule has 0 aliphatic heterocycles. The second-order valence-electron chi connectivity index (χ2n) is 6.15. The Balaban J connectivity index is 1.58. The van der Waals surface area contributed by atoms with Crippen LogP contribution in [0.1, 0.15) is 21.8 Å². The number of esters is 1. The molecule has 29 heavy (non-hydrogen) atoms. The third-order valence-corrected chi connectivity index (χ3v) is 4.31. The molecule has 4 rings (SSSR count). The largest absolute Gasteiger partial charge is 0.471 e. The maximum Gasteiger partial charge on any atom is 0.471 e. The number of nitrogens with zero attached hydrogens (tertiary/aromatic N) is 4. The van der Waals surface area contributed by atoms with Gasteiger partial charge in [0.25, 0.3) is 0 Å². The van der Waals surface area contributed by atoms with Gasteiger partial charge in [0.05, 0.1) is 30.9 Å². The van der Waals surface area contributed by atoms with E-state index in [0.29, 0.717) is 23.1 Å². The molecule has 7 nitrogen and oxygen atoms in total. The van der Waals surface area contributed by atoms with Crippen LogP contribution in [-0.2, 0) is 17.5 Å². The van der Waals surface area contributed by atoms with Crippen LogP contribution in [0.3, 0.4) is 0 Å². The van der Waals surface area contributed by atoms with Crippen LogP contribution in [0.5, 0.6) is 0 Å². The number of hydrogen-bond acceptors (Lipinski definition) is 6. The number of benzene rings is 2. The first-order chi connectivity index (χ1) is 13.9. The van der Waals surface area contributed by atoms with Crippen molar-refractivity contribution in [2.75, 3.05) is 7.11 Å². The van der Waals surface area contributed by atoms with Crippen molar-refractivity contribution >= 4 is 16.9 Å². The molecule has 0 fully saturated rings. The summed E-state index contributed by atoms with van der Waals surface area (Å²) in [4.78, 5) is 15.2. The highest BCUT2D eigenvalue weighted by molar-refractivity contribution is 6.03. The summed E-state index contributed by atoms with van der Waals surface area (Å²) in [5, 5.41) is 8.36. The van der Waals surface area contributed by atoms with Crippen molar-refractivity contribution in [2.24, 2.45) is 0 Å². The minimum atomic E-state index is -4.69. The van der Waals surface area contributed by atoms with E-state index in [4.69, 9.17) is 4.74 Å². The van der Waals surface area contributed by atoms with E-state index in [-0.39, 0.29) is 5.82 Å². The van der Waals surface area contributed by atoms with Gasteiger partial charge in [-0.1, -0.05) is 35.5 Å². The first-order valence-electron chi connectivity index (χ1n) is 8.40. The Bertz CT molecular complexity index is 1180. The maximum absolute atomic E-state index is 12.6. The Kier molecular flexibility index (Phi) is 4.53. The summed E-state index contributed by atoms with van der Waals surface area (Å²) in [6, 6.07) is 11.9. The third-order valence-electron chi connectivity index (χ3n) is 4.31. The van der Waals surface area contributed by atoms with Crippen molar-refractivity contribution in [3.8, 4) is 11.4 Å². The van der Waals surface area contributed by atoms with Crippen LogP contribution in [-0.4, -0.2) is 33.0 Å². The first-order valence-corrected chi connectivity index (χ1v) is 8.40. The van der Waals surface area contributed by atoms with E-state index in [2.05, 4.69) is 19.8 Å². The van der Waals surface area contributed by atoms with Gasteiger partial charge in [-0.05, 0) is 17.7 Å². The van der Waals surface area contributed by atoms with Crippen molar-refractivity contribution in [2.45, 2.75) is 12.7 Å². The molecule has 2 heterocycles. The Morgan fingerprint density at radius 2 is 1.93 bits per heavy atom. The van der Waals surface area contributed by atoms with Crippen molar-refractivity contribution < 1.29 is 27.2 Å². The number of alkyl halides is 3. The topological polar surface area (TPSA) is 83.0 Å². The van der Waals surface area contributed by atoms with Crippen LogP contribution in [0.25, 0.3) is 22.3 Å². The SMILES string of the molecule is COC(=O)c1cccc2c1cnn2Cc1ccc(-c2noc(C(F)(F)F)n2)cc1. The van der Waals surface area contributed by atoms with Crippen LogP contribution < -0.4 is 0 Å². The molecule has 0 N–H and O–H groups in total. The standard InChI is InChI=1S/C19H13F3N4O3/c1-28-17(27)13-3-2-4-15-14(13)9-23-26(15)10-11-5-7-12(8-6-11)16-24-18(29-25-16)19(20,21)22/h2-9H,10H2,1H3. The number of rotatable bonds is 4. The van der Waals surface area contributed by atoms with Crippen LogP contribution in [0, 0.1) is 0 Å². The number of carbonyl (C=O) groups is 1. The normalized spacial score (nSPS) is 11.7. The predicted molar refractivity (Wildman–Crippen MR) is 94.9 cm³/mol. The molecule has 0 aliphatic rings. The van der Waals surface area contributed by atoms with Crippen molar-refractivity contribution in [1.82, 2.24) is 19.9 Å². The van der Waals surface area contributed by atoms with Gasteiger partial charge >= 0.3 is 18.0 Å². The van der Waals surface area contributed by atoms with Crippen LogP contribution in [0.2, 0.25) is 0 Å². The van der Waals surface area contributed by atoms with Crippen molar-refractivity contribution in [3.63, 3.8) is 0 Å². The molecular formula is C19H13F3N4O3. The monoisotopic (exact) mass is 402 g/mol. The van der Waals surface area contributed by atoms with E-state index >= 15 is 0 Å². The van der Waals surface area contributed by atoms with E-state index < -0.39 is 18.0 Å². The fourth-order valence-electron chi connectivity index (χ4n) is 2.91. The lowest BCUT2D eigenvalue weighted by Gasteiger charge is -2.06. The Morgan fingerprint density at radius 1 is 1.17 bits per heavy atom. The zero-order valence-corrected chi connectivity index (χ0v) is 15.0.